The van der Waals surface area contributed by atoms with Crippen LogP contribution in [0.15, 0.2) is 152 Å². The highest BCUT2D eigenvalue weighted by molar-refractivity contribution is 8.06. The number of H-pyrrole nitrogens is 5. The first-order chi connectivity index (χ1) is 35.6. The van der Waals surface area contributed by atoms with Crippen LogP contribution in [0, 0.1) is 0 Å². The molecule has 0 aliphatic heterocycles. The van der Waals surface area contributed by atoms with E-state index in [9.17, 15) is 14.4 Å². The molecule has 5 heterocycles. The topological polar surface area (TPSA) is 250 Å². The lowest BCUT2D eigenvalue weighted by molar-refractivity contribution is -0.134. The number of nitrogens with one attached hydrogen (secondary N) is 10. The Morgan fingerprint density at radius 2 is 0.616 bits per heavy atom. The van der Waals surface area contributed by atoms with Crippen molar-refractivity contribution in [3.63, 3.8) is 0 Å². The Morgan fingerprint density at radius 1 is 0.384 bits per heavy atom. The molecule has 5 atom stereocenters. The highest BCUT2D eigenvalue weighted by Crippen LogP contribution is 2.25. The van der Waals surface area contributed by atoms with Crippen LogP contribution in [0.3, 0.4) is 0 Å². The molecule has 73 heavy (non-hydrogen) atoms. The molecule has 0 fully saturated rings. The standard InChI is InChI=1S/C55H53BN11O5S/c57-51(68)46(21-31-26-58-41-16-6-1-11-36(31)41)63-52(69)47(22-32-27-59-42-17-7-2-12-37(32)42)64-53(70)48(23-33-28-60-43-18-8-3-13-38(33)43)65-54(71)49(24-34-29-61-44-19-9-4-14-39(34)44)66-55(72)50(67-56-73)25-35-30-62-45-20-10-5-15-40(35)45/h1-20,26-30,46-50,58-62,67,73H,21-25H2,(H2,57,68)(H,63,69)(H,64,70)(H,65,71)(H,66,72). The Bertz CT molecular complexity index is 3630. The minimum Gasteiger partial charge on any atom is -0.368 e. The number of primary amides is 1. The van der Waals surface area contributed by atoms with Crippen molar-refractivity contribution >= 4 is 103 Å². The summed E-state index contributed by atoms with van der Waals surface area (Å²) in [6.45, 7) is 1.39. The summed E-state index contributed by atoms with van der Waals surface area (Å²) in [6.07, 6.45) is 9.44. The molecule has 18 heteroatoms. The summed E-state index contributed by atoms with van der Waals surface area (Å²) in [7, 11) is 0. The fourth-order valence-electron chi connectivity index (χ4n) is 9.86. The molecule has 5 aromatic carbocycles. The maximum absolute atomic E-state index is 15.1. The Labute approximate surface area is 425 Å². The fourth-order valence-corrected chi connectivity index (χ4v) is 10.0. The summed E-state index contributed by atoms with van der Waals surface area (Å²) >= 11 is 4.30. The van der Waals surface area contributed by atoms with Gasteiger partial charge in [0.15, 0.2) is 0 Å². The number of fused-ring (bicyclic) bond motifs is 5. The molecule has 0 aliphatic carbocycles. The fraction of sp³-hybridized carbons (Fsp3) is 0.182. The second kappa shape index (κ2) is 21.5. The summed E-state index contributed by atoms with van der Waals surface area (Å²) < 4.78 is 0. The predicted octanol–water partition coefficient (Wildman–Crippen LogP) is 5.45. The van der Waals surface area contributed by atoms with Crippen molar-refractivity contribution in [2.24, 2.45) is 5.73 Å². The lowest BCUT2D eigenvalue weighted by atomic mass is 9.99. The van der Waals surface area contributed by atoms with Crippen molar-refractivity contribution in [1.29, 1.82) is 0 Å². The van der Waals surface area contributed by atoms with E-state index in [0.717, 1.165) is 82.3 Å². The van der Waals surface area contributed by atoms with E-state index < -0.39 is 59.7 Å². The number of amides is 5. The normalized spacial score (nSPS) is 13.7. The average molecular weight is 991 g/mol. The number of nitrogens with two attached hydrogens (primary N) is 1. The first-order valence-corrected chi connectivity index (χ1v) is 24.6. The van der Waals surface area contributed by atoms with Crippen LogP contribution in [-0.4, -0.2) is 91.4 Å². The monoisotopic (exact) mass is 990 g/mol. The van der Waals surface area contributed by atoms with E-state index in [-0.39, 0.29) is 32.1 Å². The lowest BCUT2D eigenvalue weighted by Crippen LogP contribution is -2.60. The van der Waals surface area contributed by atoms with Gasteiger partial charge in [-0.1, -0.05) is 91.0 Å². The Hall–Kier alpha value is -8.48. The molecule has 0 saturated heterocycles. The van der Waals surface area contributed by atoms with E-state index >= 15 is 9.59 Å². The summed E-state index contributed by atoms with van der Waals surface area (Å²) in [4.78, 5) is 88.8. The molecule has 0 bridgehead atoms. The highest BCUT2D eigenvalue weighted by Gasteiger charge is 2.34. The second-order valence-corrected chi connectivity index (χ2v) is 18.6. The minimum atomic E-state index is -1.28. The van der Waals surface area contributed by atoms with Crippen molar-refractivity contribution < 1.29 is 24.0 Å². The van der Waals surface area contributed by atoms with Crippen LogP contribution in [0.1, 0.15) is 27.8 Å². The maximum atomic E-state index is 15.1. The van der Waals surface area contributed by atoms with E-state index in [1.807, 2.05) is 134 Å². The van der Waals surface area contributed by atoms with Crippen LogP contribution in [0.4, 0.5) is 0 Å². The third-order valence-corrected chi connectivity index (χ3v) is 13.8. The van der Waals surface area contributed by atoms with Gasteiger partial charge in [-0.05, 0) is 64.6 Å². The number of rotatable bonds is 21. The van der Waals surface area contributed by atoms with Gasteiger partial charge in [-0.3, -0.25) is 24.0 Å². The van der Waals surface area contributed by atoms with Crippen molar-refractivity contribution in [3.05, 3.63) is 180 Å². The molecule has 5 amide bonds. The SMILES string of the molecule is NC(=O)C(Cc1c[nH]c2ccccc12)NC(=O)C(Cc1c[nH]c2ccccc12)NC(=O)C(Cc1c[nH]c2ccccc12)NC(=O)C(Cc1c[nH]c2ccccc12)NC(=O)C(Cc1c[nH]c2ccccc12)N[B]S. The zero-order valence-corrected chi connectivity index (χ0v) is 40.4. The highest BCUT2D eigenvalue weighted by atomic mass is 32.1. The quantitative estimate of drug-likeness (QED) is 0.0329. The first kappa shape index (κ1) is 48.2. The van der Waals surface area contributed by atoms with Crippen molar-refractivity contribution in [2.45, 2.75) is 62.3 Å². The number of carbonyl (C=O) groups is 5. The summed E-state index contributed by atoms with van der Waals surface area (Å²) in [5.74, 6) is -3.19. The van der Waals surface area contributed by atoms with E-state index in [1.165, 1.54) is 6.69 Å². The zero-order chi connectivity index (χ0) is 50.4. The molecular weight excluding hydrogens is 938 g/mol. The third-order valence-electron chi connectivity index (χ3n) is 13.6. The van der Waals surface area contributed by atoms with Crippen LogP contribution in [0.5, 0.6) is 0 Å². The second-order valence-electron chi connectivity index (χ2n) is 18.3. The van der Waals surface area contributed by atoms with Gasteiger partial charge in [0.2, 0.25) is 29.5 Å². The van der Waals surface area contributed by atoms with Crippen molar-refractivity contribution in [3.8, 4) is 0 Å². The summed E-state index contributed by atoms with van der Waals surface area (Å²) in [5.41, 5.74) is 14.1. The number of hydrogen-bond donors (Lipinski definition) is 12. The zero-order valence-electron chi connectivity index (χ0n) is 39.5. The Morgan fingerprint density at radius 3 is 0.890 bits per heavy atom. The van der Waals surface area contributed by atoms with E-state index in [2.05, 4.69) is 63.9 Å². The number of para-hydroxylation sites is 5. The van der Waals surface area contributed by atoms with Crippen molar-refractivity contribution in [2.75, 3.05) is 0 Å². The third kappa shape index (κ3) is 10.6. The minimum absolute atomic E-state index is 0.000590. The van der Waals surface area contributed by atoms with E-state index in [4.69, 9.17) is 5.73 Å². The summed E-state index contributed by atoms with van der Waals surface area (Å²) in [6, 6.07) is 32.6. The summed E-state index contributed by atoms with van der Waals surface area (Å²) in [5, 5.41) is 19.3. The van der Waals surface area contributed by atoms with Gasteiger partial charge >= 0.3 is 0 Å². The Kier molecular flexibility index (Phi) is 14.2. The molecule has 367 valence electrons. The molecule has 5 aromatic heterocycles. The number of benzene rings is 5. The van der Waals surface area contributed by atoms with Gasteiger partial charge in [0.25, 0.3) is 6.69 Å². The molecule has 0 aliphatic rings. The number of aromatic amines is 5. The van der Waals surface area contributed by atoms with Gasteiger partial charge < -0.3 is 57.1 Å². The molecule has 12 N–H and O–H groups in total. The van der Waals surface area contributed by atoms with Gasteiger partial charge in [-0.25, -0.2) is 12.5 Å². The molecule has 5 unspecified atom stereocenters. The molecule has 10 aromatic rings. The number of carbonyl (C=O) groups excluding carboxylic acids is 5. The predicted molar refractivity (Wildman–Crippen MR) is 289 cm³/mol. The number of thiol groups is 1. The maximum Gasteiger partial charge on any atom is 0.282 e. The van der Waals surface area contributed by atoms with Crippen LogP contribution < -0.4 is 32.2 Å². The molecule has 1 radical (unpaired) electrons. The largest absolute Gasteiger partial charge is 0.368 e. The van der Waals surface area contributed by atoms with Gasteiger partial charge in [-0.15, -0.1) is 0 Å². The van der Waals surface area contributed by atoms with Gasteiger partial charge in [-0.2, -0.15) is 0 Å². The molecule has 16 nitrogen and oxygen atoms in total. The van der Waals surface area contributed by atoms with Crippen LogP contribution in [0.2, 0.25) is 0 Å². The molecule has 0 spiro atoms. The number of hydrogen-bond acceptors (Lipinski definition) is 7. The lowest BCUT2D eigenvalue weighted by Gasteiger charge is -2.27. The molecule has 0 saturated carbocycles. The van der Waals surface area contributed by atoms with E-state index in [0.29, 0.717) is 0 Å². The number of aromatic nitrogens is 5. The average Bonchev–Trinajstić information content (AvgIpc) is 4.27. The van der Waals surface area contributed by atoms with Crippen molar-refractivity contribution in [1.82, 2.24) is 51.4 Å². The van der Waals surface area contributed by atoms with Crippen LogP contribution in [-0.2, 0) is 56.1 Å². The van der Waals surface area contributed by atoms with E-state index in [1.54, 1.807) is 18.6 Å². The van der Waals surface area contributed by atoms with Gasteiger partial charge in [0, 0.05) is 111 Å². The van der Waals surface area contributed by atoms with Gasteiger partial charge in [0.1, 0.15) is 24.2 Å². The Balaban J connectivity index is 0.967. The first-order valence-electron chi connectivity index (χ1n) is 24.1. The molecule has 10 rings (SSSR count). The molecular formula is C55H53BN11O5S. The van der Waals surface area contributed by atoms with Crippen LogP contribution >= 0.6 is 12.5 Å². The van der Waals surface area contributed by atoms with Gasteiger partial charge in [0.05, 0.1) is 6.04 Å². The van der Waals surface area contributed by atoms with Crippen LogP contribution in [0.25, 0.3) is 54.5 Å². The smallest absolute Gasteiger partial charge is 0.282 e.